The number of benzene rings is 2. The van der Waals surface area contributed by atoms with Gasteiger partial charge in [0.05, 0.1) is 90.2 Å². The lowest BCUT2D eigenvalue weighted by Crippen LogP contribution is -2.64. The van der Waals surface area contributed by atoms with Crippen LogP contribution in [0.25, 0.3) is 0 Å². The van der Waals surface area contributed by atoms with Crippen LogP contribution in [-0.2, 0) is 113 Å². The molecule has 131 heavy (non-hydrogen) atoms. The quantitative estimate of drug-likeness (QED) is 0.0144. The maximum absolute atomic E-state index is 14.0. The first-order valence-corrected chi connectivity index (χ1v) is 44.0. The standard InChI is InChI=1S/C85H126N16O30/c1-84(2)48-17-8-10-19-52(48)98(5)58(84)21-15-22-59-85(3,4)49-18-9-11-20-53(49)101(59)32-14-12-23-61(107)87-30-13-6-7-24-64(110)92-50(26-28-62(108)89-37-46-40-99(96-94-46)33-35-124-80-74(120)70(116)76(56(44-104)128-80)130-82-72(118)68(114)66(112)54(42-102)126-82)78(122)88-31-16-25-65(111)93-51(79(123)91-39-60(86)106)27-29-63(109)90-38-47-41-100(97-95-47)34-36-125-81-75(121)71(117)77(57(45-105)129-81)131-83-73(119)69(115)67(113)55(43-103)127-83/h8-11,15,17-22,40-41,50-51,54-57,66-77,80-83,102-105,112-121H,6-7,12-14,16,23-39,42-45H2,1-5H3,(H8-,86,87,88,89,90,91,92,93,106,107,108,109,110,111,122,123)/p+1/t50?,51?,54-,55-,56-,57-,66+,67+,68+,69+,70-,71-,72-,73-,74-,75-,76-,77-,80-,81-,82+,83+/m1/s1. The summed E-state index contributed by atoms with van der Waals surface area (Å²) in [5.74, 6) is -4.91. The van der Waals surface area contributed by atoms with Gasteiger partial charge in [-0.15, -0.1) is 10.2 Å². The number of unbranched alkanes of at least 4 members (excludes halogenated alkanes) is 3. The molecule has 8 heterocycles. The van der Waals surface area contributed by atoms with Gasteiger partial charge in [-0.1, -0.05) is 73.2 Å². The first-order valence-electron chi connectivity index (χ1n) is 44.0. The van der Waals surface area contributed by atoms with E-state index in [0.717, 1.165) is 17.8 Å². The fraction of sp³-hybridized carbons (Fsp3) is 0.659. The van der Waals surface area contributed by atoms with Crippen molar-refractivity contribution in [1.29, 1.82) is 0 Å². The maximum Gasteiger partial charge on any atom is 0.243 e. The molecule has 46 nitrogen and oxygen atoms in total. The molecule has 4 aromatic rings. The van der Waals surface area contributed by atoms with Crippen LogP contribution >= 0.6 is 0 Å². The van der Waals surface area contributed by atoms with Crippen molar-refractivity contribution in [3.63, 3.8) is 0 Å². The molecule has 8 amide bonds. The molecule has 2 unspecified atom stereocenters. The zero-order valence-electron chi connectivity index (χ0n) is 73.7. The molecule has 0 radical (unpaired) electrons. The Morgan fingerprint density at radius 1 is 0.489 bits per heavy atom. The lowest BCUT2D eigenvalue weighted by Gasteiger charge is -2.45. The van der Waals surface area contributed by atoms with Crippen molar-refractivity contribution in [3.05, 3.63) is 107 Å². The number of nitrogens with one attached hydrogen (secondary N) is 7. The number of allylic oxidation sites excluding steroid dienone is 4. The van der Waals surface area contributed by atoms with E-state index in [4.69, 9.17) is 43.6 Å². The maximum atomic E-state index is 14.0. The Hall–Kier alpha value is -9.45. The second kappa shape index (κ2) is 49.0. The van der Waals surface area contributed by atoms with Gasteiger partial charge in [0.1, 0.15) is 128 Å². The van der Waals surface area contributed by atoms with Crippen molar-refractivity contribution in [2.24, 2.45) is 5.73 Å². The number of hydrogen-bond donors (Lipinski definition) is 22. The highest BCUT2D eigenvalue weighted by Crippen LogP contribution is 2.48. The molecular weight excluding hydrogens is 1730 g/mol. The Morgan fingerprint density at radius 3 is 1.45 bits per heavy atom. The number of fused-ring (bicyclic) bond motifs is 2. The Morgan fingerprint density at radius 2 is 0.939 bits per heavy atom. The average Bonchev–Trinajstić information content (AvgIpc) is 1.59. The number of para-hydroxylation sites is 2. The number of nitrogens with two attached hydrogens (primary N) is 1. The van der Waals surface area contributed by atoms with Gasteiger partial charge in [0.2, 0.25) is 52.9 Å². The fourth-order valence-corrected chi connectivity index (χ4v) is 16.4. The minimum Gasteiger partial charge on any atom is -0.394 e. The minimum atomic E-state index is -1.86. The van der Waals surface area contributed by atoms with Crippen molar-refractivity contribution in [3.8, 4) is 0 Å². The Kier molecular flexibility index (Phi) is 38.8. The third-order valence-corrected chi connectivity index (χ3v) is 23.9. The van der Waals surface area contributed by atoms with Crippen LogP contribution in [0.4, 0.5) is 11.4 Å². The van der Waals surface area contributed by atoms with Gasteiger partial charge in [0, 0.05) is 86.2 Å². The number of rotatable bonds is 49. The summed E-state index contributed by atoms with van der Waals surface area (Å²) in [6, 6.07) is 14.2. The van der Waals surface area contributed by atoms with E-state index in [1.165, 1.54) is 44.3 Å². The summed E-state index contributed by atoms with van der Waals surface area (Å²) >= 11 is 0. The molecule has 10 rings (SSSR count). The number of carbonyl (C=O) groups excluding carboxylic acids is 8. The molecular formula is C85H127N16O30+. The van der Waals surface area contributed by atoms with E-state index in [0.29, 0.717) is 45.2 Å². The Bertz CT molecular complexity index is 4530. The summed E-state index contributed by atoms with van der Waals surface area (Å²) in [6.07, 6.45) is -21.9. The lowest BCUT2D eigenvalue weighted by atomic mass is 9.81. The van der Waals surface area contributed by atoms with Crippen LogP contribution < -0.4 is 47.9 Å². The van der Waals surface area contributed by atoms with E-state index in [-0.39, 0.29) is 119 Å². The molecule has 0 bridgehead atoms. The molecule has 0 spiro atoms. The van der Waals surface area contributed by atoms with Gasteiger partial charge < -0.3 is 157 Å². The van der Waals surface area contributed by atoms with Crippen LogP contribution in [0, 0.1) is 0 Å². The molecule has 22 atom stereocenters. The molecule has 23 N–H and O–H groups in total. The topological polar surface area (TPSA) is 672 Å². The molecule has 6 aliphatic heterocycles. The van der Waals surface area contributed by atoms with Gasteiger partial charge in [-0.3, -0.25) is 38.4 Å². The normalized spacial score (nSPS) is 28.1. The van der Waals surface area contributed by atoms with Crippen LogP contribution in [0.1, 0.15) is 134 Å². The molecule has 726 valence electrons. The first-order chi connectivity index (χ1) is 62.6. The average molecular weight is 1850 g/mol. The predicted octanol–water partition coefficient (Wildman–Crippen LogP) is -7.10. The van der Waals surface area contributed by atoms with E-state index in [9.17, 15) is 110 Å². The molecule has 2 aromatic heterocycles. The number of aromatic nitrogens is 6. The SMILES string of the molecule is C[N+]1=C(/C=C/C=C2\N(CCCCC(=O)NCCCCCC(=O)NC(CCC(=O)NCc3cn(CCO[C@@H]4O[C@H](CO)[C@@H](O[C@@H]5O[C@H](CO)[C@H](O)[C@H](O)[C@H]5O)[C@H](O)[C@H]4O)nn3)C(=O)NCCCC(=O)NC(CCC(=O)NCc3cn(CCO[C@@H]4O[C@H](CO)[C@@H](O[C@@H]5O[C@H](CO)[C@H](O)[C@H](O)[C@H]5O)[C@H](O)[C@H]4O)nn3)C(=O)NCC(N)=O)c3ccccc3C2(C)C)C(C)(C)c2ccccc21. The van der Waals surface area contributed by atoms with Gasteiger partial charge in [-0.25, -0.2) is 9.36 Å². The van der Waals surface area contributed by atoms with Crippen molar-refractivity contribution in [2.45, 2.75) is 283 Å². The van der Waals surface area contributed by atoms with Crippen molar-refractivity contribution < 1.29 is 152 Å². The molecule has 0 aliphatic carbocycles. The zero-order valence-corrected chi connectivity index (χ0v) is 73.7. The second-order valence-electron chi connectivity index (χ2n) is 34.1. The third kappa shape index (κ3) is 27.4. The number of hydrogen-bond acceptors (Lipinski definition) is 35. The predicted molar refractivity (Wildman–Crippen MR) is 455 cm³/mol. The second-order valence-corrected chi connectivity index (χ2v) is 34.1. The van der Waals surface area contributed by atoms with Crippen LogP contribution in [0.3, 0.4) is 0 Å². The van der Waals surface area contributed by atoms with Crippen molar-refractivity contribution in [2.75, 3.05) is 77.8 Å². The van der Waals surface area contributed by atoms with Gasteiger partial charge in [-0.05, 0) is 76.5 Å². The van der Waals surface area contributed by atoms with Gasteiger partial charge in [0.25, 0.3) is 0 Å². The monoisotopic (exact) mass is 1850 g/mol. The number of carbonyl (C=O) groups is 8. The number of aliphatic hydroxyl groups excluding tert-OH is 14. The van der Waals surface area contributed by atoms with E-state index < -0.39 is 209 Å². The number of ether oxygens (including phenoxy) is 8. The summed E-state index contributed by atoms with van der Waals surface area (Å²) in [5, 5.41) is 179. The molecule has 4 fully saturated rings. The number of amides is 8. The highest BCUT2D eigenvalue weighted by molar-refractivity contribution is 6.03. The van der Waals surface area contributed by atoms with Crippen LogP contribution in [0.5, 0.6) is 0 Å². The number of anilines is 1. The van der Waals surface area contributed by atoms with Gasteiger partial charge in [0.15, 0.2) is 30.9 Å². The molecule has 4 saturated heterocycles. The van der Waals surface area contributed by atoms with Crippen molar-refractivity contribution in [1.82, 2.24) is 67.2 Å². The summed E-state index contributed by atoms with van der Waals surface area (Å²) in [5.41, 5.74) is 12.5. The summed E-state index contributed by atoms with van der Waals surface area (Å²) < 4.78 is 49.4. The van der Waals surface area contributed by atoms with Gasteiger partial charge in [-0.2, -0.15) is 4.58 Å². The van der Waals surface area contributed by atoms with Crippen LogP contribution in [-0.4, -0.2) is 367 Å². The highest BCUT2D eigenvalue weighted by atomic mass is 16.8. The van der Waals surface area contributed by atoms with E-state index in [2.05, 4.69) is 163 Å². The molecule has 46 heteroatoms. The van der Waals surface area contributed by atoms with Gasteiger partial charge >= 0.3 is 0 Å². The minimum absolute atomic E-state index is 0.0154. The molecule has 6 aliphatic rings. The van der Waals surface area contributed by atoms with Crippen LogP contribution in [0.15, 0.2) is 84.8 Å². The third-order valence-electron chi connectivity index (χ3n) is 23.9. The molecule has 0 saturated carbocycles. The summed E-state index contributed by atoms with van der Waals surface area (Å²) in [7, 11) is 2.10. The lowest BCUT2D eigenvalue weighted by molar-refractivity contribution is -0.401. The summed E-state index contributed by atoms with van der Waals surface area (Å²) in [4.78, 5) is 108. The number of primary amides is 1. The number of nitrogens with zero attached hydrogens (tertiary/aromatic N) is 8. The first kappa shape index (κ1) is 104. The zero-order chi connectivity index (χ0) is 95.0. The van der Waals surface area contributed by atoms with Crippen molar-refractivity contribution >= 4 is 64.3 Å². The largest absolute Gasteiger partial charge is 0.394 e. The van der Waals surface area contributed by atoms with E-state index in [1.54, 1.807) is 0 Å². The summed E-state index contributed by atoms with van der Waals surface area (Å²) in [6.45, 7) is 5.38. The smallest absolute Gasteiger partial charge is 0.243 e. The number of aliphatic hydroxyl groups is 14. The Balaban J connectivity index is 0.666. The van der Waals surface area contributed by atoms with Crippen LogP contribution in [0.2, 0.25) is 0 Å². The fourth-order valence-electron chi connectivity index (χ4n) is 16.4. The van der Waals surface area contributed by atoms with E-state index >= 15 is 0 Å². The highest BCUT2D eigenvalue weighted by Gasteiger charge is 2.54. The van der Waals surface area contributed by atoms with E-state index in [1.807, 2.05) is 6.07 Å². The Labute approximate surface area is 754 Å². The molecule has 2 aromatic carbocycles.